The minimum Gasteiger partial charge on any atom is -0.468 e. The van der Waals surface area contributed by atoms with Crippen LogP contribution >= 0.6 is 0 Å². The van der Waals surface area contributed by atoms with Gasteiger partial charge in [-0.15, -0.1) is 0 Å². The van der Waals surface area contributed by atoms with Gasteiger partial charge >= 0.3 is 5.97 Å². The van der Waals surface area contributed by atoms with Crippen molar-refractivity contribution in [2.75, 3.05) is 13.7 Å². The minimum atomic E-state index is -3.81. The average molecular weight is 280 g/mol. The summed E-state index contributed by atoms with van der Waals surface area (Å²) in [4.78, 5) is 15.1. The van der Waals surface area contributed by atoms with Gasteiger partial charge in [-0.1, -0.05) is 18.2 Å². The summed E-state index contributed by atoms with van der Waals surface area (Å²) in [7, 11) is -2.61. The number of methoxy groups -OCH3 is 1. The first kappa shape index (κ1) is 13.4. The summed E-state index contributed by atoms with van der Waals surface area (Å²) in [6.45, 7) is -0.415. The Kier molecular flexibility index (Phi) is 3.77. The number of ether oxygens (including phenoxy) is 1. The Morgan fingerprint density at radius 2 is 2.05 bits per heavy atom. The van der Waals surface area contributed by atoms with E-state index < -0.39 is 22.5 Å². The summed E-state index contributed by atoms with van der Waals surface area (Å²) in [6, 6.07) is 8.32. The number of hydrogen-bond acceptors (Lipinski definition) is 5. The Morgan fingerprint density at radius 3 is 2.79 bits per heavy atom. The number of pyridine rings is 1. The van der Waals surface area contributed by atoms with Crippen molar-refractivity contribution in [1.29, 1.82) is 0 Å². The first-order valence-electron chi connectivity index (χ1n) is 5.45. The molecule has 0 saturated carbocycles. The summed E-state index contributed by atoms with van der Waals surface area (Å²) >= 11 is 0. The molecule has 7 heteroatoms. The maximum absolute atomic E-state index is 12.1. The van der Waals surface area contributed by atoms with Gasteiger partial charge < -0.3 is 4.74 Å². The summed E-state index contributed by atoms with van der Waals surface area (Å²) in [5, 5.41) is 0.712. The fourth-order valence-electron chi connectivity index (χ4n) is 1.60. The number of carbonyl (C=O) groups excluding carboxylic acids is 1. The van der Waals surface area contributed by atoms with Crippen LogP contribution in [0.25, 0.3) is 10.9 Å². The van der Waals surface area contributed by atoms with Crippen LogP contribution in [-0.4, -0.2) is 33.0 Å². The lowest BCUT2D eigenvalue weighted by Gasteiger charge is -2.07. The van der Waals surface area contributed by atoms with E-state index in [0.717, 1.165) is 0 Å². The zero-order chi connectivity index (χ0) is 13.9. The molecule has 1 aromatic heterocycles. The van der Waals surface area contributed by atoms with Crippen molar-refractivity contribution in [1.82, 2.24) is 9.71 Å². The highest BCUT2D eigenvalue weighted by atomic mass is 32.2. The van der Waals surface area contributed by atoms with E-state index in [4.69, 9.17) is 0 Å². The molecule has 1 N–H and O–H groups in total. The zero-order valence-corrected chi connectivity index (χ0v) is 11.0. The number of hydrogen-bond donors (Lipinski definition) is 1. The van der Waals surface area contributed by atoms with Gasteiger partial charge in [0.2, 0.25) is 10.0 Å². The first-order valence-corrected chi connectivity index (χ1v) is 6.93. The number of esters is 1. The van der Waals surface area contributed by atoms with Crippen LogP contribution in [-0.2, 0) is 19.6 Å². The molecular weight excluding hydrogens is 268 g/mol. The van der Waals surface area contributed by atoms with E-state index >= 15 is 0 Å². The highest BCUT2D eigenvalue weighted by Gasteiger charge is 2.19. The van der Waals surface area contributed by atoms with E-state index in [9.17, 15) is 13.2 Å². The third kappa shape index (κ3) is 2.88. The van der Waals surface area contributed by atoms with E-state index in [0.29, 0.717) is 10.9 Å². The molecule has 2 rings (SSSR count). The van der Waals surface area contributed by atoms with Crippen molar-refractivity contribution in [2.24, 2.45) is 0 Å². The average Bonchev–Trinajstić information content (AvgIpc) is 2.44. The Bertz CT molecular complexity index is 707. The molecule has 0 spiro atoms. The van der Waals surface area contributed by atoms with Gasteiger partial charge in [-0.3, -0.25) is 9.78 Å². The second-order valence-corrected chi connectivity index (χ2v) is 5.47. The Labute approximate surface area is 110 Å². The van der Waals surface area contributed by atoms with Gasteiger partial charge in [0.1, 0.15) is 11.4 Å². The number of sulfonamides is 1. The molecule has 100 valence electrons. The molecule has 6 nitrogen and oxygen atoms in total. The predicted octanol–water partition coefficient (Wildman–Crippen LogP) is 0.686. The lowest BCUT2D eigenvalue weighted by Crippen LogP contribution is -2.30. The fraction of sp³-hybridized carbons (Fsp3) is 0.167. The van der Waals surface area contributed by atoms with Gasteiger partial charge in [-0.25, -0.2) is 8.42 Å². The third-order valence-electron chi connectivity index (χ3n) is 2.52. The number of rotatable bonds is 4. The number of nitrogens with one attached hydrogen (secondary N) is 1. The van der Waals surface area contributed by atoms with Crippen LogP contribution in [0, 0.1) is 0 Å². The van der Waals surface area contributed by atoms with E-state index in [2.05, 4.69) is 14.4 Å². The van der Waals surface area contributed by atoms with Crippen molar-refractivity contribution in [2.45, 2.75) is 4.90 Å². The van der Waals surface area contributed by atoms with Crippen molar-refractivity contribution >= 4 is 26.9 Å². The molecule has 1 aromatic carbocycles. The van der Waals surface area contributed by atoms with Crippen LogP contribution in [0.4, 0.5) is 0 Å². The molecule has 0 fully saturated rings. The summed E-state index contributed by atoms with van der Waals surface area (Å²) < 4.78 is 30.8. The van der Waals surface area contributed by atoms with Gasteiger partial charge in [0.25, 0.3) is 0 Å². The van der Waals surface area contributed by atoms with Gasteiger partial charge in [0.15, 0.2) is 0 Å². The molecule has 0 atom stereocenters. The summed E-state index contributed by atoms with van der Waals surface area (Å²) in [5.41, 5.74) is 0.363. The molecular formula is C12H12N2O4S. The molecule has 0 radical (unpaired) electrons. The van der Waals surface area contributed by atoms with Crippen LogP contribution in [0.1, 0.15) is 0 Å². The van der Waals surface area contributed by atoms with Gasteiger partial charge in [-0.05, 0) is 12.1 Å². The molecule has 2 aromatic rings. The SMILES string of the molecule is COC(=O)CNS(=O)(=O)c1cccc2cccnc12. The van der Waals surface area contributed by atoms with Gasteiger partial charge in [0, 0.05) is 11.6 Å². The molecule has 0 aliphatic heterocycles. The highest BCUT2D eigenvalue weighted by molar-refractivity contribution is 7.89. The minimum absolute atomic E-state index is 0.0366. The monoisotopic (exact) mass is 280 g/mol. The molecule has 0 bridgehead atoms. The number of para-hydroxylation sites is 1. The van der Waals surface area contributed by atoms with Crippen LogP contribution in [0.2, 0.25) is 0 Å². The van der Waals surface area contributed by atoms with Crippen molar-refractivity contribution in [3.8, 4) is 0 Å². The molecule has 0 aliphatic rings. The number of fused-ring (bicyclic) bond motifs is 1. The Morgan fingerprint density at radius 1 is 1.32 bits per heavy atom. The maximum Gasteiger partial charge on any atom is 0.320 e. The third-order valence-corrected chi connectivity index (χ3v) is 3.95. The predicted molar refractivity (Wildman–Crippen MR) is 68.9 cm³/mol. The van der Waals surface area contributed by atoms with Crippen LogP contribution in [0.3, 0.4) is 0 Å². The first-order chi connectivity index (χ1) is 9.04. The summed E-state index contributed by atoms with van der Waals surface area (Å²) in [6.07, 6.45) is 1.52. The van der Waals surface area contributed by atoms with E-state index in [1.807, 2.05) is 0 Å². The molecule has 0 aliphatic carbocycles. The largest absolute Gasteiger partial charge is 0.468 e. The van der Waals surface area contributed by atoms with E-state index in [1.54, 1.807) is 24.3 Å². The van der Waals surface area contributed by atoms with Gasteiger partial charge in [0.05, 0.1) is 12.6 Å². The topological polar surface area (TPSA) is 85.4 Å². The number of carbonyl (C=O) groups is 1. The highest BCUT2D eigenvalue weighted by Crippen LogP contribution is 2.20. The Balaban J connectivity index is 2.41. The second kappa shape index (κ2) is 5.33. The molecule has 0 amide bonds. The van der Waals surface area contributed by atoms with Crippen molar-refractivity contribution in [3.05, 3.63) is 36.5 Å². The van der Waals surface area contributed by atoms with Gasteiger partial charge in [-0.2, -0.15) is 4.72 Å². The Hall–Kier alpha value is -1.99. The number of benzene rings is 1. The second-order valence-electron chi connectivity index (χ2n) is 3.73. The molecule has 0 saturated heterocycles. The van der Waals surface area contributed by atoms with Crippen molar-refractivity contribution in [3.63, 3.8) is 0 Å². The van der Waals surface area contributed by atoms with E-state index in [1.165, 1.54) is 19.4 Å². The van der Waals surface area contributed by atoms with Crippen molar-refractivity contribution < 1.29 is 17.9 Å². The van der Waals surface area contributed by atoms with E-state index in [-0.39, 0.29) is 4.90 Å². The van der Waals surface area contributed by atoms with Crippen LogP contribution in [0.15, 0.2) is 41.4 Å². The lowest BCUT2D eigenvalue weighted by molar-refractivity contribution is -0.139. The smallest absolute Gasteiger partial charge is 0.320 e. The maximum atomic E-state index is 12.1. The number of aromatic nitrogens is 1. The molecule has 0 unspecified atom stereocenters. The fourth-order valence-corrected chi connectivity index (χ4v) is 2.74. The lowest BCUT2D eigenvalue weighted by atomic mass is 10.2. The normalized spacial score (nSPS) is 11.4. The van der Waals surface area contributed by atoms with Crippen LogP contribution in [0.5, 0.6) is 0 Å². The zero-order valence-electron chi connectivity index (χ0n) is 10.2. The molecule has 19 heavy (non-hydrogen) atoms. The molecule has 1 heterocycles. The quantitative estimate of drug-likeness (QED) is 0.833. The summed E-state index contributed by atoms with van der Waals surface area (Å²) in [5.74, 6) is -0.656. The standard InChI is InChI=1S/C12H12N2O4S/c1-18-11(15)8-14-19(16,17)10-6-2-4-9-5-3-7-13-12(9)10/h2-7,14H,8H2,1H3. The number of nitrogens with zero attached hydrogens (tertiary/aromatic N) is 1. The van der Waals surface area contributed by atoms with Crippen LogP contribution < -0.4 is 4.72 Å².